The second-order valence-electron chi connectivity index (χ2n) is 8.75. The van der Waals surface area contributed by atoms with Gasteiger partial charge in [0.15, 0.2) is 17.2 Å². The minimum Gasteiger partial charge on any atom is -0.479 e. The summed E-state index contributed by atoms with van der Waals surface area (Å²) in [6.45, 7) is 8.95. The lowest BCUT2D eigenvalue weighted by Gasteiger charge is -2.24. The van der Waals surface area contributed by atoms with E-state index in [0.717, 1.165) is 37.2 Å². The molecule has 2 heterocycles. The van der Waals surface area contributed by atoms with Gasteiger partial charge in [-0.05, 0) is 71.3 Å². The van der Waals surface area contributed by atoms with Crippen molar-refractivity contribution < 1.29 is 23.8 Å². The SMILES string of the molecule is CCOC(=O)COc1c(C(=O)OC(C)(C)C)sc(-c2cccc(NC3CCNCC3)c2)c1Cl. The Hall–Kier alpha value is -2.29. The number of halogens is 1. The molecule has 1 fully saturated rings. The lowest BCUT2D eigenvalue weighted by Crippen LogP contribution is -2.35. The van der Waals surface area contributed by atoms with Gasteiger partial charge >= 0.3 is 11.9 Å². The van der Waals surface area contributed by atoms with Crippen molar-refractivity contribution in [3.63, 3.8) is 0 Å². The van der Waals surface area contributed by atoms with Crippen molar-refractivity contribution in [2.24, 2.45) is 0 Å². The fraction of sp³-hybridized carbons (Fsp3) is 0.500. The van der Waals surface area contributed by atoms with Crippen LogP contribution < -0.4 is 15.4 Å². The number of rotatable bonds is 8. The molecule has 2 N–H and O–H groups in total. The number of nitrogens with one attached hydrogen (secondary N) is 2. The molecule has 0 bridgehead atoms. The summed E-state index contributed by atoms with van der Waals surface area (Å²) < 4.78 is 16.1. The Kier molecular flexibility index (Phi) is 8.62. The summed E-state index contributed by atoms with van der Waals surface area (Å²) in [4.78, 5) is 25.6. The zero-order valence-electron chi connectivity index (χ0n) is 19.5. The average molecular weight is 495 g/mol. The third-order valence-corrected chi connectivity index (χ3v) is 6.54. The van der Waals surface area contributed by atoms with Crippen LogP contribution in [0.2, 0.25) is 5.02 Å². The van der Waals surface area contributed by atoms with E-state index in [0.29, 0.717) is 10.9 Å². The van der Waals surface area contributed by atoms with Crippen molar-refractivity contribution in [3.8, 4) is 16.2 Å². The van der Waals surface area contributed by atoms with Crippen molar-refractivity contribution in [1.29, 1.82) is 0 Å². The van der Waals surface area contributed by atoms with E-state index in [9.17, 15) is 9.59 Å². The molecule has 0 amide bonds. The molecule has 1 saturated heterocycles. The topological polar surface area (TPSA) is 85.9 Å². The number of anilines is 1. The highest BCUT2D eigenvalue weighted by molar-refractivity contribution is 7.18. The Morgan fingerprint density at radius 3 is 2.64 bits per heavy atom. The van der Waals surface area contributed by atoms with Crippen LogP contribution in [0.25, 0.3) is 10.4 Å². The molecular formula is C24H31ClN2O5S. The second-order valence-corrected chi connectivity index (χ2v) is 10.1. The Morgan fingerprint density at radius 1 is 1.24 bits per heavy atom. The molecule has 0 spiro atoms. The summed E-state index contributed by atoms with van der Waals surface area (Å²) in [5, 5.41) is 7.21. The van der Waals surface area contributed by atoms with E-state index in [1.165, 1.54) is 11.3 Å². The lowest BCUT2D eigenvalue weighted by molar-refractivity contribution is -0.145. The molecule has 180 valence electrons. The standard InChI is InChI=1S/C24H31ClN2O5S/c1-5-30-18(28)14-31-20-19(25)21(33-22(20)23(29)32-24(2,3)4)15-7-6-8-17(13-15)27-16-9-11-26-12-10-16/h6-8,13,16,26-27H,5,9-12,14H2,1-4H3. The Balaban J connectivity index is 1.91. The fourth-order valence-electron chi connectivity index (χ4n) is 3.46. The monoisotopic (exact) mass is 494 g/mol. The van der Waals surface area contributed by atoms with E-state index in [1.54, 1.807) is 27.7 Å². The average Bonchev–Trinajstić information content (AvgIpc) is 3.09. The highest BCUT2D eigenvalue weighted by atomic mass is 35.5. The molecule has 0 saturated carbocycles. The molecule has 0 unspecified atom stereocenters. The summed E-state index contributed by atoms with van der Waals surface area (Å²) in [5.41, 5.74) is 1.14. The van der Waals surface area contributed by atoms with Crippen LogP contribution >= 0.6 is 22.9 Å². The van der Waals surface area contributed by atoms with Crippen LogP contribution in [0.1, 0.15) is 50.2 Å². The molecule has 7 nitrogen and oxygen atoms in total. The van der Waals surface area contributed by atoms with Crippen LogP contribution in [0.4, 0.5) is 5.69 Å². The predicted molar refractivity (Wildman–Crippen MR) is 132 cm³/mol. The van der Waals surface area contributed by atoms with E-state index < -0.39 is 17.5 Å². The normalized spacial score (nSPS) is 14.6. The van der Waals surface area contributed by atoms with Crippen LogP contribution in [0.5, 0.6) is 5.75 Å². The number of esters is 2. The molecule has 0 atom stereocenters. The van der Waals surface area contributed by atoms with E-state index in [1.807, 2.05) is 24.3 Å². The van der Waals surface area contributed by atoms with Crippen molar-refractivity contribution in [2.45, 2.75) is 52.2 Å². The summed E-state index contributed by atoms with van der Waals surface area (Å²) >= 11 is 7.87. The van der Waals surface area contributed by atoms with E-state index in [-0.39, 0.29) is 28.9 Å². The summed E-state index contributed by atoms with van der Waals surface area (Å²) in [5.74, 6) is -0.955. The molecule has 0 aliphatic carbocycles. The van der Waals surface area contributed by atoms with Gasteiger partial charge in [0.05, 0.1) is 11.5 Å². The number of carbonyl (C=O) groups is 2. The van der Waals surface area contributed by atoms with Crippen LogP contribution in [-0.4, -0.2) is 49.9 Å². The van der Waals surface area contributed by atoms with Crippen LogP contribution in [0.3, 0.4) is 0 Å². The minimum atomic E-state index is -0.690. The van der Waals surface area contributed by atoms with Gasteiger partial charge in [0.25, 0.3) is 0 Å². The zero-order chi connectivity index (χ0) is 24.0. The number of benzene rings is 1. The van der Waals surface area contributed by atoms with Crippen molar-refractivity contribution in [1.82, 2.24) is 5.32 Å². The summed E-state index contributed by atoms with van der Waals surface area (Å²) in [7, 11) is 0. The van der Waals surface area contributed by atoms with Crippen molar-refractivity contribution in [2.75, 3.05) is 31.6 Å². The summed E-state index contributed by atoms with van der Waals surface area (Å²) in [6.07, 6.45) is 2.11. The smallest absolute Gasteiger partial charge is 0.352 e. The molecule has 1 aliphatic heterocycles. The van der Waals surface area contributed by atoms with Gasteiger partial charge in [-0.15, -0.1) is 11.3 Å². The van der Waals surface area contributed by atoms with Crippen LogP contribution in [0.15, 0.2) is 24.3 Å². The van der Waals surface area contributed by atoms with Gasteiger partial charge in [-0.3, -0.25) is 0 Å². The van der Waals surface area contributed by atoms with Gasteiger partial charge in [-0.2, -0.15) is 0 Å². The Morgan fingerprint density at radius 2 is 1.97 bits per heavy atom. The number of hydrogen-bond acceptors (Lipinski definition) is 8. The third kappa shape index (κ3) is 7.09. The molecule has 2 aromatic rings. The molecule has 9 heteroatoms. The highest BCUT2D eigenvalue weighted by Crippen LogP contribution is 2.46. The number of carbonyl (C=O) groups excluding carboxylic acids is 2. The van der Waals surface area contributed by atoms with E-state index in [4.69, 9.17) is 25.8 Å². The van der Waals surface area contributed by atoms with Gasteiger partial charge in [0.2, 0.25) is 0 Å². The Bertz CT molecular complexity index is 980. The fourth-order valence-corrected chi connectivity index (χ4v) is 4.90. The Labute approximate surface area is 203 Å². The van der Waals surface area contributed by atoms with Gasteiger partial charge in [0.1, 0.15) is 10.6 Å². The first kappa shape index (κ1) is 25.3. The maximum absolute atomic E-state index is 12.9. The summed E-state index contributed by atoms with van der Waals surface area (Å²) in [6, 6.07) is 8.30. The maximum atomic E-state index is 12.9. The molecule has 1 aromatic carbocycles. The first-order valence-electron chi connectivity index (χ1n) is 11.1. The van der Waals surface area contributed by atoms with Crippen molar-refractivity contribution >= 4 is 40.6 Å². The van der Waals surface area contributed by atoms with Crippen LogP contribution in [-0.2, 0) is 14.3 Å². The quantitative estimate of drug-likeness (QED) is 0.492. The molecule has 3 rings (SSSR count). The van der Waals surface area contributed by atoms with Gasteiger partial charge in [-0.25, -0.2) is 9.59 Å². The lowest BCUT2D eigenvalue weighted by atomic mass is 10.1. The molecule has 1 aliphatic rings. The van der Waals surface area contributed by atoms with Crippen LogP contribution in [0, 0.1) is 0 Å². The molecular weight excluding hydrogens is 464 g/mol. The van der Waals surface area contributed by atoms with Gasteiger partial charge in [-0.1, -0.05) is 23.7 Å². The minimum absolute atomic E-state index is 0.135. The largest absolute Gasteiger partial charge is 0.479 e. The van der Waals surface area contributed by atoms with E-state index >= 15 is 0 Å². The van der Waals surface area contributed by atoms with Gasteiger partial charge in [0, 0.05) is 11.7 Å². The second kappa shape index (κ2) is 11.2. The maximum Gasteiger partial charge on any atom is 0.352 e. The highest BCUT2D eigenvalue weighted by Gasteiger charge is 2.29. The third-order valence-electron chi connectivity index (χ3n) is 4.87. The van der Waals surface area contributed by atoms with Gasteiger partial charge < -0.3 is 24.8 Å². The first-order valence-corrected chi connectivity index (χ1v) is 12.3. The molecule has 0 radical (unpaired) electrons. The number of thiophene rings is 1. The number of hydrogen-bond donors (Lipinski definition) is 2. The molecule has 33 heavy (non-hydrogen) atoms. The molecule has 1 aromatic heterocycles. The number of ether oxygens (including phenoxy) is 3. The van der Waals surface area contributed by atoms with E-state index in [2.05, 4.69) is 10.6 Å². The predicted octanol–water partition coefficient (Wildman–Crippen LogP) is 5.13. The number of piperidine rings is 1. The zero-order valence-corrected chi connectivity index (χ0v) is 21.0. The van der Waals surface area contributed by atoms with Crippen molar-refractivity contribution in [3.05, 3.63) is 34.2 Å². The first-order chi connectivity index (χ1) is 15.7.